The molecule has 3 aromatic rings. The van der Waals surface area contributed by atoms with Gasteiger partial charge in [-0.15, -0.1) is 0 Å². The van der Waals surface area contributed by atoms with Crippen molar-refractivity contribution in [2.45, 2.75) is 29.2 Å². The number of benzene rings is 2. The first-order valence-electron chi connectivity index (χ1n) is 8.85. The Morgan fingerprint density at radius 3 is 2.69 bits per heavy atom. The predicted molar refractivity (Wildman–Crippen MR) is 107 cm³/mol. The second-order valence-corrected chi connectivity index (χ2v) is 9.67. The Morgan fingerprint density at radius 2 is 1.96 bits per heavy atom. The van der Waals surface area contributed by atoms with Crippen LogP contribution in [0.25, 0.3) is 10.9 Å². The van der Waals surface area contributed by atoms with Crippen molar-refractivity contribution >= 4 is 36.7 Å². The van der Waals surface area contributed by atoms with Crippen LogP contribution in [-0.4, -0.2) is 26.1 Å². The smallest absolute Gasteiger partial charge is 0.208 e. The summed E-state index contributed by atoms with van der Waals surface area (Å²) in [5.74, 6) is 0.519. The number of hydrogen-bond donors (Lipinski definition) is 1. The van der Waals surface area contributed by atoms with E-state index in [1.165, 1.54) is 12.8 Å². The van der Waals surface area contributed by atoms with E-state index in [-0.39, 0.29) is 0 Å². The van der Waals surface area contributed by atoms with Crippen LogP contribution in [0.2, 0.25) is 0 Å². The summed E-state index contributed by atoms with van der Waals surface area (Å²) in [7, 11) is -3.55. The van der Waals surface area contributed by atoms with Gasteiger partial charge < -0.3 is 9.88 Å². The van der Waals surface area contributed by atoms with Gasteiger partial charge in [0.2, 0.25) is 9.84 Å². The minimum atomic E-state index is -3.55. The second-order valence-electron chi connectivity index (χ2n) is 6.84. The third kappa shape index (κ3) is 3.33. The van der Waals surface area contributed by atoms with E-state index in [4.69, 9.17) is 0 Å². The quantitative estimate of drug-likeness (QED) is 0.670. The van der Waals surface area contributed by atoms with Crippen molar-refractivity contribution < 1.29 is 8.42 Å². The molecular formula is C20H21BrN2O2S. The van der Waals surface area contributed by atoms with Gasteiger partial charge in [-0.05, 0) is 56.1 Å². The molecule has 0 radical (unpaired) electrons. The Hall–Kier alpha value is -1.63. The van der Waals surface area contributed by atoms with Gasteiger partial charge >= 0.3 is 0 Å². The SMILES string of the molecule is O=S(=O)(c1ccccc1)c1cn(CC2CCCNC2)c2cc(Br)ccc12. The van der Waals surface area contributed by atoms with E-state index < -0.39 is 9.84 Å². The molecule has 0 spiro atoms. The van der Waals surface area contributed by atoms with Crippen molar-refractivity contribution in [1.29, 1.82) is 0 Å². The predicted octanol–water partition coefficient (Wildman–Crippen LogP) is 4.24. The normalized spacial score (nSPS) is 18.3. The highest BCUT2D eigenvalue weighted by molar-refractivity contribution is 9.10. The van der Waals surface area contributed by atoms with Crippen LogP contribution in [0.1, 0.15) is 12.8 Å². The summed E-state index contributed by atoms with van der Waals surface area (Å²) in [5.41, 5.74) is 0.958. The molecule has 2 aromatic carbocycles. The van der Waals surface area contributed by atoms with Gasteiger partial charge in [0, 0.05) is 22.6 Å². The number of nitrogens with one attached hydrogen (secondary N) is 1. The van der Waals surface area contributed by atoms with Crippen molar-refractivity contribution in [3.63, 3.8) is 0 Å². The maximum atomic E-state index is 13.2. The molecule has 1 unspecified atom stereocenters. The Labute approximate surface area is 162 Å². The number of fused-ring (bicyclic) bond motifs is 1. The fourth-order valence-corrected chi connectivity index (χ4v) is 5.53. The summed E-state index contributed by atoms with van der Waals surface area (Å²) in [6.45, 7) is 2.88. The maximum absolute atomic E-state index is 13.2. The highest BCUT2D eigenvalue weighted by Gasteiger charge is 2.24. The number of piperidine rings is 1. The van der Waals surface area contributed by atoms with Gasteiger partial charge in [0.1, 0.15) is 0 Å². The van der Waals surface area contributed by atoms with E-state index >= 15 is 0 Å². The summed E-state index contributed by atoms with van der Waals surface area (Å²) >= 11 is 3.52. The lowest BCUT2D eigenvalue weighted by Gasteiger charge is -2.23. The minimum Gasteiger partial charge on any atom is -0.346 e. The highest BCUT2D eigenvalue weighted by atomic mass is 79.9. The standard InChI is InChI=1S/C20H21BrN2O2S/c21-16-8-9-18-19(11-16)23(13-15-5-4-10-22-12-15)14-20(18)26(24,25)17-6-2-1-3-7-17/h1-3,6-9,11,14-15,22H,4-5,10,12-13H2. The third-order valence-corrected chi connectivity index (χ3v) is 7.29. The van der Waals surface area contributed by atoms with E-state index in [0.717, 1.165) is 35.0 Å². The number of rotatable bonds is 4. The first kappa shape index (κ1) is 17.8. The zero-order valence-electron chi connectivity index (χ0n) is 14.4. The van der Waals surface area contributed by atoms with Gasteiger partial charge in [-0.2, -0.15) is 0 Å². The number of sulfone groups is 1. The van der Waals surface area contributed by atoms with Crippen molar-refractivity contribution in [2.24, 2.45) is 5.92 Å². The number of aromatic nitrogens is 1. The van der Waals surface area contributed by atoms with Crippen molar-refractivity contribution in [3.8, 4) is 0 Å². The van der Waals surface area contributed by atoms with Crippen LogP contribution >= 0.6 is 15.9 Å². The summed E-state index contributed by atoms with van der Waals surface area (Å²) in [6, 6.07) is 14.5. The van der Waals surface area contributed by atoms with Crippen molar-refractivity contribution in [2.75, 3.05) is 13.1 Å². The molecule has 4 nitrogen and oxygen atoms in total. The Kier molecular flexibility index (Phi) is 4.90. The summed E-state index contributed by atoms with van der Waals surface area (Å²) in [6.07, 6.45) is 4.15. The fourth-order valence-electron chi connectivity index (χ4n) is 3.68. The van der Waals surface area contributed by atoms with Gasteiger partial charge in [-0.25, -0.2) is 8.42 Å². The molecule has 136 valence electrons. The Bertz CT molecular complexity index is 1020. The molecule has 1 N–H and O–H groups in total. The largest absolute Gasteiger partial charge is 0.346 e. The lowest BCUT2D eigenvalue weighted by Crippen LogP contribution is -2.32. The zero-order valence-corrected chi connectivity index (χ0v) is 16.8. The maximum Gasteiger partial charge on any atom is 0.208 e. The van der Waals surface area contributed by atoms with Crippen LogP contribution in [0.3, 0.4) is 0 Å². The lowest BCUT2D eigenvalue weighted by atomic mass is 10.00. The molecule has 4 rings (SSSR count). The van der Waals surface area contributed by atoms with Crippen LogP contribution < -0.4 is 5.32 Å². The molecule has 6 heteroatoms. The number of halogens is 1. The Balaban J connectivity index is 1.83. The van der Waals surface area contributed by atoms with E-state index in [9.17, 15) is 8.42 Å². The minimum absolute atomic E-state index is 0.335. The first-order valence-corrected chi connectivity index (χ1v) is 11.1. The average molecular weight is 433 g/mol. The van der Waals surface area contributed by atoms with E-state index in [1.807, 2.05) is 30.5 Å². The van der Waals surface area contributed by atoms with Gasteiger partial charge in [-0.3, -0.25) is 0 Å². The van der Waals surface area contributed by atoms with E-state index in [0.29, 0.717) is 15.7 Å². The molecule has 0 amide bonds. The number of nitrogens with zero attached hydrogens (tertiary/aromatic N) is 1. The van der Waals surface area contributed by atoms with Gasteiger partial charge in [0.25, 0.3) is 0 Å². The zero-order chi connectivity index (χ0) is 18.1. The Morgan fingerprint density at radius 1 is 1.15 bits per heavy atom. The second kappa shape index (κ2) is 7.18. The summed E-state index contributed by atoms with van der Waals surface area (Å²) in [5, 5.41) is 4.22. The molecule has 1 atom stereocenters. The molecule has 1 aromatic heterocycles. The number of hydrogen-bond acceptors (Lipinski definition) is 3. The molecule has 1 saturated heterocycles. The van der Waals surface area contributed by atoms with Crippen molar-refractivity contribution in [1.82, 2.24) is 9.88 Å². The van der Waals surface area contributed by atoms with Gasteiger partial charge in [0.15, 0.2) is 0 Å². The third-order valence-electron chi connectivity index (χ3n) is 5.00. The van der Waals surface area contributed by atoms with Crippen molar-refractivity contribution in [3.05, 3.63) is 59.2 Å². The summed E-state index contributed by atoms with van der Waals surface area (Å²) < 4.78 is 29.5. The fraction of sp³-hybridized carbons (Fsp3) is 0.300. The molecular weight excluding hydrogens is 412 g/mol. The molecule has 0 aliphatic carbocycles. The molecule has 1 fully saturated rings. The lowest BCUT2D eigenvalue weighted by molar-refractivity contribution is 0.340. The van der Waals surface area contributed by atoms with E-state index in [2.05, 4.69) is 25.8 Å². The average Bonchev–Trinajstić information content (AvgIpc) is 3.02. The molecule has 1 aliphatic rings. The van der Waals surface area contributed by atoms with Crippen LogP contribution in [0, 0.1) is 5.92 Å². The van der Waals surface area contributed by atoms with Crippen LogP contribution in [0.4, 0.5) is 0 Å². The first-order chi connectivity index (χ1) is 12.6. The molecule has 0 bridgehead atoms. The van der Waals surface area contributed by atoms with Gasteiger partial charge in [-0.1, -0.05) is 40.2 Å². The summed E-state index contributed by atoms with van der Waals surface area (Å²) in [4.78, 5) is 0.719. The van der Waals surface area contributed by atoms with Gasteiger partial charge in [0.05, 0.1) is 15.3 Å². The monoisotopic (exact) mass is 432 g/mol. The highest BCUT2D eigenvalue weighted by Crippen LogP contribution is 2.32. The topological polar surface area (TPSA) is 51.1 Å². The van der Waals surface area contributed by atoms with E-state index in [1.54, 1.807) is 24.3 Å². The molecule has 1 aliphatic heterocycles. The molecule has 0 saturated carbocycles. The van der Waals surface area contributed by atoms with Crippen LogP contribution in [-0.2, 0) is 16.4 Å². The van der Waals surface area contributed by atoms with Crippen LogP contribution in [0.15, 0.2) is 69.0 Å². The van der Waals surface area contributed by atoms with Crippen LogP contribution in [0.5, 0.6) is 0 Å². The molecule has 2 heterocycles. The molecule has 26 heavy (non-hydrogen) atoms.